The second kappa shape index (κ2) is 6.42. The van der Waals surface area contributed by atoms with Gasteiger partial charge in [0, 0.05) is 25.3 Å². The van der Waals surface area contributed by atoms with Crippen molar-refractivity contribution in [3.63, 3.8) is 0 Å². The van der Waals surface area contributed by atoms with Crippen LogP contribution in [0.2, 0.25) is 0 Å². The molecule has 0 spiro atoms. The number of hydrogen-bond acceptors (Lipinski definition) is 3. The van der Waals surface area contributed by atoms with E-state index in [1.807, 2.05) is 7.05 Å². The molecule has 0 aromatic heterocycles. The van der Waals surface area contributed by atoms with Gasteiger partial charge < -0.3 is 15.0 Å². The van der Waals surface area contributed by atoms with Gasteiger partial charge in [-0.05, 0) is 24.7 Å². The van der Waals surface area contributed by atoms with Gasteiger partial charge in [-0.15, -0.1) is 0 Å². The Morgan fingerprint density at radius 2 is 1.94 bits per heavy atom. The van der Waals surface area contributed by atoms with Crippen LogP contribution in [0.1, 0.15) is 5.56 Å². The van der Waals surface area contributed by atoms with Crippen molar-refractivity contribution in [2.45, 2.75) is 0 Å². The van der Waals surface area contributed by atoms with Gasteiger partial charge in [-0.2, -0.15) is 0 Å². The summed E-state index contributed by atoms with van der Waals surface area (Å²) in [7, 11) is 1.95. The van der Waals surface area contributed by atoms with Gasteiger partial charge >= 0.3 is 0 Å². The van der Waals surface area contributed by atoms with Crippen LogP contribution in [0.15, 0.2) is 30.3 Å². The number of benzene rings is 1. The van der Waals surface area contributed by atoms with E-state index < -0.39 is 0 Å². The van der Waals surface area contributed by atoms with E-state index in [0.29, 0.717) is 0 Å². The summed E-state index contributed by atoms with van der Waals surface area (Å²) >= 11 is 0. The van der Waals surface area contributed by atoms with Gasteiger partial charge in [0.2, 0.25) is 0 Å². The first kappa shape index (κ1) is 12.1. The fraction of sp³-hybridized carbons (Fsp3) is 0.429. The molecule has 0 amide bonds. The second-order valence-electron chi connectivity index (χ2n) is 4.15. The maximum Gasteiger partial charge on any atom is 0.0642 e. The van der Waals surface area contributed by atoms with E-state index in [4.69, 9.17) is 4.74 Å². The normalized spacial score (nSPS) is 16.6. The molecule has 3 nitrogen and oxygen atoms in total. The number of rotatable bonds is 4. The van der Waals surface area contributed by atoms with E-state index in [9.17, 15) is 0 Å². The Bertz CT molecular complexity index is 353. The van der Waals surface area contributed by atoms with Crippen molar-refractivity contribution in [3.05, 3.63) is 35.9 Å². The van der Waals surface area contributed by atoms with Gasteiger partial charge in [0.05, 0.1) is 13.2 Å². The molecule has 1 aromatic rings. The molecule has 92 valence electrons. The zero-order valence-electron chi connectivity index (χ0n) is 10.4. The Hall–Kier alpha value is -1.32. The molecule has 17 heavy (non-hydrogen) atoms. The molecule has 3 heteroatoms. The van der Waals surface area contributed by atoms with Gasteiger partial charge in [-0.1, -0.05) is 24.3 Å². The fourth-order valence-electron chi connectivity index (χ4n) is 1.93. The van der Waals surface area contributed by atoms with Crippen LogP contribution in [-0.2, 0) is 4.74 Å². The third-order valence-electron chi connectivity index (χ3n) is 2.90. The van der Waals surface area contributed by atoms with Gasteiger partial charge in [0.25, 0.3) is 0 Å². The molecule has 1 N–H and O–H groups in total. The van der Waals surface area contributed by atoms with E-state index in [0.717, 1.165) is 32.8 Å². The van der Waals surface area contributed by atoms with E-state index in [1.165, 1.54) is 11.3 Å². The number of morpholine rings is 1. The lowest BCUT2D eigenvalue weighted by molar-refractivity contribution is 0.122. The van der Waals surface area contributed by atoms with Crippen molar-refractivity contribution < 1.29 is 4.74 Å². The number of likely N-dealkylation sites (N-methyl/N-ethyl adjacent to an activating group) is 1. The maximum absolute atomic E-state index is 5.35. The molecule has 0 saturated carbocycles. The largest absolute Gasteiger partial charge is 0.378 e. The van der Waals surface area contributed by atoms with Gasteiger partial charge in [-0.3, -0.25) is 0 Å². The van der Waals surface area contributed by atoms with E-state index >= 15 is 0 Å². The minimum Gasteiger partial charge on any atom is -0.378 e. The molecule has 1 fully saturated rings. The molecule has 1 aliphatic rings. The first-order valence-corrected chi connectivity index (χ1v) is 6.14. The summed E-state index contributed by atoms with van der Waals surface area (Å²) in [6.45, 7) is 4.57. The topological polar surface area (TPSA) is 24.5 Å². The average molecular weight is 232 g/mol. The van der Waals surface area contributed by atoms with Crippen LogP contribution in [0, 0.1) is 0 Å². The van der Waals surface area contributed by atoms with Gasteiger partial charge in [0.1, 0.15) is 0 Å². The second-order valence-corrected chi connectivity index (χ2v) is 4.15. The predicted molar refractivity (Wildman–Crippen MR) is 72.4 cm³/mol. The van der Waals surface area contributed by atoms with E-state index in [-0.39, 0.29) is 0 Å². The van der Waals surface area contributed by atoms with Gasteiger partial charge in [-0.25, -0.2) is 0 Å². The number of nitrogens with one attached hydrogen (secondary N) is 1. The summed E-state index contributed by atoms with van der Waals surface area (Å²) in [6, 6.07) is 8.70. The third kappa shape index (κ3) is 3.58. The molecule has 0 unspecified atom stereocenters. The zero-order valence-corrected chi connectivity index (χ0v) is 10.4. The fourth-order valence-corrected chi connectivity index (χ4v) is 1.93. The number of ether oxygens (including phenoxy) is 1. The first-order chi connectivity index (χ1) is 8.40. The molecule has 0 aliphatic carbocycles. The van der Waals surface area contributed by atoms with Crippen molar-refractivity contribution in [2.75, 3.05) is 44.8 Å². The highest BCUT2D eigenvalue weighted by molar-refractivity contribution is 5.56. The molecule has 1 aromatic carbocycles. The summed E-state index contributed by atoms with van der Waals surface area (Å²) < 4.78 is 5.35. The van der Waals surface area contributed by atoms with E-state index in [2.05, 4.69) is 46.6 Å². The highest BCUT2D eigenvalue weighted by atomic mass is 16.5. The van der Waals surface area contributed by atoms with Crippen LogP contribution in [0.25, 0.3) is 6.08 Å². The van der Waals surface area contributed by atoms with Crippen LogP contribution in [0.3, 0.4) is 0 Å². The third-order valence-corrected chi connectivity index (χ3v) is 2.90. The summed E-state index contributed by atoms with van der Waals surface area (Å²) in [4.78, 5) is 2.37. The standard InChI is InChI=1S/C14H20N2O/c1-15-8-2-3-13-4-6-14(7-5-13)16-9-11-17-12-10-16/h2-7,15H,8-12H2,1H3. The summed E-state index contributed by atoms with van der Waals surface area (Å²) in [5.74, 6) is 0. The minimum atomic E-state index is 0.837. The molecule has 0 bridgehead atoms. The zero-order chi connectivity index (χ0) is 11.9. The van der Waals surface area contributed by atoms with Crippen molar-refractivity contribution in [1.82, 2.24) is 5.32 Å². The first-order valence-electron chi connectivity index (χ1n) is 6.14. The molecular formula is C14H20N2O. The van der Waals surface area contributed by atoms with Gasteiger partial charge in [0.15, 0.2) is 0 Å². The Balaban J connectivity index is 1.97. The molecule has 1 saturated heterocycles. The molecule has 1 heterocycles. The van der Waals surface area contributed by atoms with Crippen LogP contribution < -0.4 is 10.2 Å². The van der Waals surface area contributed by atoms with Crippen molar-refractivity contribution in [1.29, 1.82) is 0 Å². The number of nitrogens with zero attached hydrogens (tertiary/aromatic N) is 1. The lowest BCUT2D eigenvalue weighted by atomic mass is 10.1. The monoisotopic (exact) mass is 232 g/mol. The molecule has 1 aliphatic heterocycles. The smallest absolute Gasteiger partial charge is 0.0642 e. The molecule has 0 radical (unpaired) electrons. The quantitative estimate of drug-likeness (QED) is 0.856. The van der Waals surface area contributed by atoms with Crippen molar-refractivity contribution in [2.24, 2.45) is 0 Å². The minimum absolute atomic E-state index is 0.837. The predicted octanol–water partition coefficient (Wildman–Crippen LogP) is 1.76. The number of hydrogen-bond donors (Lipinski definition) is 1. The maximum atomic E-state index is 5.35. The summed E-state index contributed by atoms with van der Waals surface area (Å²) in [6.07, 6.45) is 4.27. The van der Waals surface area contributed by atoms with Crippen molar-refractivity contribution in [3.8, 4) is 0 Å². The number of anilines is 1. The molecule has 0 atom stereocenters. The van der Waals surface area contributed by atoms with E-state index in [1.54, 1.807) is 0 Å². The lowest BCUT2D eigenvalue weighted by Crippen LogP contribution is -2.36. The Kier molecular flexibility index (Phi) is 4.59. The summed E-state index contributed by atoms with van der Waals surface area (Å²) in [5.41, 5.74) is 2.54. The van der Waals surface area contributed by atoms with Crippen LogP contribution in [0.5, 0.6) is 0 Å². The van der Waals surface area contributed by atoms with Crippen LogP contribution >= 0.6 is 0 Å². The lowest BCUT2D eigenvalue weighted by Gasteiger charge is -2.28. The SMILES string of the molecule is CNCC=Cc1ccc(N2CCOCC2)cc1. The summed E-state index contributed by atoms with van der Waals surface area (Å²) in [5, 5.41) is 3.09. The van der Waals surface area contributed by atoms with Crippen LogP contribution in [0.4, 0.5) is 5.69 Å². The van der Waals surface area contributed by atoms with Crippen molar-refractivity contribution >= 4 is 11.8 Å². The molecular weight excluding hydrogens is 212 g/mol. The highest BCUT2D eigenvalue weighted by Gasteiger charge is 2.10. The highest BCUT2D eigenvalue weighted by Crippen LogP contribution is 2.17. The Labute approximate surface area is 103 Å². The average Bonchev–Trinajstić information content (AvgIpc) is 2.41. The Morgan fingerprint density at radius 1 is 1.24 bits per heavy atom. The van der Waals surface area contributed by atoms with Crippen LogP contribution in [-0.4, -0.2) is 39.9 Å². The molecule has 2 rings (SSSR count). The Morgan fingerprint density at radius 3 is 2.59 bits per heavy atom.